The number of rotatable bonds is 1. The van der Waals surface area contributed by atoms with Gasteiger partial charge in [0.2, 0.25) is 0 Å². The summed E-state index contributed by atoms with van der Waals surface area (Å²) in [6.07, 6.45) is 10.9. The van der Waals surface area contributed by atoms with E-state index in [1.165, 1.54) is 51.4 Å². The zero-order chi connectivity index (χ0) is 10.0. The highest BCUT2D eigenvalue weighted by Crippen LogP contribution is 2.62. The maximum Gasteiger partial charge on any atom is 0.0732 e. The largest absolute Gasteiger partial charge is 0.389 e. The molecule has 0 aromatic carbocycles. The molecule has 1 nitrogen and oxygen atoms in total. The van der Waals surface area contributed by atoms with Crippen molar-refractivity contribution in [3.05, 3.63) is 0 Å². The molecule has 0 unspecified atom stereocenters. The Balaban J connectivity index is 1.69. The Kier molecular flexibility index (Phi) is 1.68. The molecular weight excluding hydrogens is 184 g/mol. The highest BCUT2D eigenvalue weighted by atomic mass is 16.3. The summed E-state index contributed by atoms with van der Waals surface area (Å²) < 4.78 is 0. The fourth-order valence-electron chi connectivity index (χ4n) is 5.48. The number of hydrogen-bond acceptors (Lipinski definition) is 1. The van der Waals surface area contributed by atoms with E-state index >= 15 is 0 Å². The van der Waals surface area contributed by atoms with Gasteiger partial charge in [-0.15, -0.1) is 0 Å². The molecule has 5 saturated carbocycles. The first-order valence-corrected chi connectivity index (χ1v) is 6.99. The van der Waals surface area contributed by atoms with E-state index in [2.05, 4.69) is 0 Å². The van der Waals surface area contributed by atoms with Gasteiger partial charge >= 0.3 is 0 Å². The van der Waals surface area contributed by atoms with Gasteiger partial charge in [0.05, 0.1) is 5.60 Å². The third-order valence-corrected chi connectivity index (χ3v) is 6.21. The Morgan fingerprint density at radius 2 is 1.27 bits per heavy atom. The van der Waals surface area contributed by atoms with Crippen LogP contribution in [0.3, 0.4) is 0 Å². The molecule has 5 fully saturated rings. The van der Waals surface area contributed by atoms with Crippen LogP contribution in [0.15, 0.2) is 0 Å². The number of hydrogen-bond donors (Lipinski definition) is 1. The summed E-state index contributed by atoms with van der Waals surface area (Å²) in [6, 6.07) is 0. The minimum absolute atomic E-state index is 0.203. The average Bonchev–Trinajstić information content (AvgIpc) is 2.10. The van der Waals surface area contributed by atoms with Gasteiger partial charge in [-0.05, 0) is 74.5 Å². The molecule has 5 aliphatic carbocycles. The van der Waals surface area contributed by atoms with Crippen LogP contribution in [0, 0.1) is 29.6 Å². The second-order valence-electron chi connectivity index (χ2n) is 6.82. The van der Waals surface area contributed by atoms with Crippen LogP contribution >= 0.6 is 0 Å². The van der Waals surface area contributed by atoms with E-state index in [1.54, 1.807) is 0 Å². The van der Waals surface area contributed by atoms with Crippen LogP contribution in [0.4, 0.5) is 0 Å². The Morgan fingerprint density at radius 3 is 1.67 bits per heavy atom. The molecule has 4 bridgehead atoms. The Labute approximate surface area is 92.3 Å². The van der Waals surface area contributed by atoms with Gasteiger partial charge in [-0.2, -0.15) is 0 Å². The Bertz CT molecular complexity index is 251. The molecule has 0 saturated heterocycles. The van der Waals surface area contributed by atoms with Crippen molar-refractivity contribution in [2.45, 2.75) is 57.0 Å². The zero-order valence-electron chi connectivity index (χ0n) is 9.49. The zero-order valence-corrected chi connectivity index (χ0v) is 9.49. The van der Waals surface area contributed by atoms with E-state index in [1.807, 2.05) is 0 Å². The fraction of sp³-hybridized carbons (Fsp3) is 1.00. The molecule has 0 radical (unpaired) electrons. The summed E-state index contributed by atoms with van der Waals surface area (Å²) in [5, 5.41) is 11.1. The fourth-order valence-corrected chi connectivity index (χ4v) is 5.48. The summed E-state index contributed by atoms with van der Waals surface area (Å²) in [5.74, 6) is 4.06. The van der Waals surface area contributed by atoms with Gasteiger partial charge in [0, 0.05) is 0 Å². The molecule has 0 atom stereocenters. The van der Waals surface area contributed by atoms with Crippen LogP contribution in [-0.2, 0) is 0 Å². The smallest absolute Gasteiger partial charge is 0.0732 e. The lowest BCUT2D eigenvalue weighted by Crippen LogP contribution is -2.62. The quantitative estimate of drug-likeness (QED) is 0.699. The molecule has 5 aliphatic rings. The molecule has 15 heavy (non-hydrogen) atoms. The van der Waals surface area contributed by atoms with Crippen molar-refractivity contribution in [3.63, 3.8) is 0 Å². The van der Waals surface area contributed by atoms with Crippen molar-refractivity contribution in [2.75, 3.05) is 0 Å². The lowest BCUT2D eigenvalue weighted by atomic mass is 9.45. The predicted molar refractivity (Wildman–Crippen MR) is 59.3 cm³/mol. The molecule has 1 N–H and O–H groups in total. The average molecular weight is 206 g/mol. The van der Waals surface area contributed by atoms with Crippen LogP contribution < -0.4 is 0 Å². The van der Waals surface area contributed by atoms with Crippen molar-refractivity contribution < 1.29 is 5.11 Å². The molecule has 0 aliphatic heterocycles. The molecule has 84 valence electrons. The third kappa shape index (κ3) is 1.03. The van der Waals surface area contributed by atoms with Gasteiger partial charge in [0.25, 0.3) is 0 Å². The van der Waals surface area contributed by atoms with E-state index in [9.17, 15) is 5.11 Å². The molecule has 1 heteroatoms. The van der Waals surface area contributed by atoms with Crippen LogP contribution in [-0.4, -0.2) is 10.7 Å². The SMILES string of the molecule is OC1(C2CCC2)C2CC3CC(C2)CC1C3. The standard InChI is InChI=1S/C14H22O/c15-14(11-2-1-3-11)12-5-9-4-10(7-12)8-13(14)6-9/h9-13,15H,1-8H2. The van der Waals surface area contributed by atoms with Crippen LogP contribution in [0.5, 0.6) is 0 Å². The van der Waals surface area contributed by atoms with E-state index < -0.39 is 0 Å². The monoisotopic (exact) mass is 206 g/mol. The van der Waals surface area contributed by atoms with Crippen molar-refractivity contribution >= 4 is 0 Å². The maximum absolute atomic E-state index is 11.1. The lowest BCUT2D eigenvalue weighted by molar-refractivity contribution is -0.214. The maximum atomic E-state index is 11.1. The second-order valence-corrected chi connectivity index (χ2v) is 6.82. The first-order chi connectivity index (χ1) is 7.27. The van der Waals surface area contributed by atoms with Crippen LogP contribution in [0.25, 0.3) is 0 Å². The number of aliphatic hydroxyl groups is 1. The van der Waals surface area contributed by atoms with E-state index in [0.29, 0.717) is 17.8 Å². The van der Waals surface area contributed by atoms with Crippen LogP contribution in [0.1, 0.15) is 51.4 Å². The Hall–Kier alpha value is -0.0400. The highest BCUT2D eigenvalue weighted by Gasteiger charge is 2.60. The van der Waals surface area contributed by atoms with Crippen molar-refractivity contribution in [1.29, 1.82) is 0 Å². The summed E-state index contributed by atoms with van der Waals surface area (Å²) >= 11 is 0. The topological polar surface area (TPSA) is 20.2 Å². The van der Waals surface area contributed by atoms with Gasteiger partial charge in [0.15, 0.2) is 0 Å². The molecule has 5 rings (SSSR count). The van der Waals surface area contributed by atoms with Crippen molar-refractivity contribution in [3.8, 4) is 0 Å². The van der Waals surface area contributed by atoms with Crippen molar-refractivity contribution in [2.24, 2.45) is 29.6 Å². The summed E-state index contributed by atoms with van der Waals surface area (Å²) in [6.45, 7) is 0. The van der Waals surface area contributed by atoms with E-state index in [4.69, 9.17) is 0 Å². The summed E-state index contributed by atoms with van der Waals surface area (Å²) in [4.78, 5) is 0. The Morgan fingerprint density at radius 1 is 0.733 bits per heavy atom. The molecule has 0 spiro atoms. The van der Waals surface area contributed by atoms with Gasteiger partial charge in [-0.1, -0.05) is 6.42 Å². The molecular formula is C14H22O. The van der Waals surface area contributed by atoms with Crippen LogP contribution in [0.2, 0.25) is 0 Å². The predicted octanol–water partition coefficient (Wildman–Crippen LogP) is 2.97. The molecule has 0 aromatic heterocycles. The van der Waals surface area contributed by atoms with Gasteiger partial charge in [-0.25, -0.2) is 0 Å². The third-order valence-electron chi connectivity index (χ3n) is 6.21. The molecule has 0 amide bonds. The summed E-state index contributed by atoms with van der Waals surface area (Å²) in [7, 11) is 0. The second kappa shape index (κ2) is 2.80. The van der Waals surface area contributed by atoms with Gasteiger partial charge in [-0.3, -0.25) is 0 Å². The van der Waals surface area contributed by atoms with Gasteiger partial charge < -0.3 is 5.11 Å². The lowest BCUT2D eigenvalue weighted by Gasteiger charge is -2.62. The highest BCUT2D eigenvalue weighted by molar-refractivity contribution is 5.10. The first-order valence-electron chi connectivity index (χ1n) is 6.99. The first kappa shape index (κ1) is 9.04. The molecule has 0 heterocycles. The molecule has 0 aromatic rings. The van der Waals surface area contributed by atoms with E-state index in [0.717, 1.165) is 11.8 Å². The normalized spacial score (nSPS) is 58.2. The minimum atomic E-state index is -0.203. The van der Waals surface area contributed by atoms with Crippen molar-refractivity contribution in [1.82, 2.24) is 0 Å². The van der Waals surface area contributed by atoms with E-state index in [-0.39, 0.29) is 5.60 Å². The van der Waals surface area contributed by atoms with Gasteiger partial charge in [0.1, 0.15) is 0 Å². The summed E-state index contributed by atoms with van der Waals surface area (Å²) in [5.41, 5.74) is -0.203. The minimum Gasteiger partial charge on any atom is -0.389 e.